The number of carbonyl (C=O) groups is 2. The van der Waals surface area contributed by atoms with Crippen LogP contribution in [0, 0.1) is 27.7 Å². The second-order valence-corrected chi connectivity index (χ2v) is 14.5. The number of nitrogens with one attached hydrogen (secondary N) is 1. The van der Waals surface area contributed by atoms with E-state index in [2.05, 4.69) is 16.8 Å². The van der Waals surface area contributed by atoms with Crippen molar-refractivity contribution in [1.29, 1.82) is 0 Å². The first kappa shape index (κ1) is 34.7. The van der Waals surface area contributed by atoms with Crippen LogP contribution in [0.3, 0.4) is 0 Å². The van der Waals surface area contributed by atoms with Crippen LogP contribution in [0.2, 0.25) is 10.0 Å². The number of nitrogens with zero attached hydrogens (tertiary/aromatic N) is 5. The Bertz CT molecular complexity index is 2380. The summed E-state index contributed by atoms with van der Waals surface area (Å²) in [7, 11) is 5.51. The van der Waals surface area contributed by atoms with E-state index >= 15 is 4.79 Å². The highest BCUT2D eigenvalue weighted by Gasteiger charge is 2.37. The highest BCUT2D eigenvalue weighted by molar-refractivity contribution is 6.35. The fourth-order valence-electron chi connectivity index (χ4n) is 7.81. The van der Waals surface area contributed by atoms with Crippen molar-refractivity contribution in [3.05, 3.63) is 98.0 Å². The fourth-order valence-corrected chi connectivity index (χ4v) is 8.17. The Hall–Kier alpha value is -4.73. The number of aryl methyl sites for hydroxylation is 6. The molecule has 9 nitrogen and oxygen atoms in total. The van der Waals surface area contributed by atoms with Crippen molar-refractivity contribution in [2.45, 2.75) is 53.5 Å². The highest BCUT2D eigenvalue weighted by atomic mass is 35.5. The largest absolute Gasteiger partial charge is 0.494 e. The van der Waals surface area contributed by atoms with Crippen LogP contribution in [0.1, 0.15) is 68.3 Å². The summed E-state index contributed by atoms with van der Waals surface area (Å²) >= 11 is 13.5. The Morgan fingerprint density at radius 2 is 1.73 bits per heavy atom. The van der Waals surface area contributed by atoms with E-state index in [-0.39, 0.29) is 17.9 Å². The molecule has 1 atom stereocenters. The zero-order valence-electron chi connectivity index (χ0n) is 30.2. The molecule has 0 radical (unpaired) electrons. The lowest BCUT2D eigenvalue weighted by Gasteiger charge is -2.34. The van der Waals surface area contributed by atoms with Crippen LogP contribution in [0.4, 0.5) is 5.69 Å². The molecule has 7 rings (SSSR count). The normalized spacial score (nSPS) is 14.5. The van der Waals surface area contributed by atoms with Gasteiger partial charge in [0.2, 0.25) is 0 Å². The van der Waals surface area contributed by atoms with E-state index in [4.69, 9.17) is 33.0 Å². The molecule has 0 saturated heterocycles. The molecule has 0 saturated carbocycles. The zero-order chi connectivity index (χ0) is 36.5. The van der Waals surface area contributed by atoms with Gasteiger partial charge >= 0.3 is 0 Å². The van der Waals surface area contributed by atoms with Crippen molar-refractivity contribution < 1.29 is 14.3 Å². The summed E-state index contributed by atoms with van der Waals surface area (Å²) in [4.78, 5) is 29.5. The lowest BCUT2D eigenvalue weighted by Crippen LogP contribution is -2.42. The first-order valence-electron chi connectivity index (χ1n) is 17.2. The summed E-state index contributed by atoms with van der Waals surface area (Å²) in [5.41, 5.74) is 10.5. The molecule has 1 aliphatic rings. The van der Waals surface area contributed by atoms with Gasteiger partial charge in [0.1, 0.15) is 11.4 Å². The van der Waals surface area contributed by atoms with E-state index in [9.17, 15) is 4.79 Å². The number of carbonyl (C=O) groups excluding carboxylic acids is 2. The lowest BCUT2D eigenvalue weighted by atomic mass is 9.98. The Morgan fingerprint density at radius 1 is 1.00 bits per heavy atom. The summed E-state index contributed by atoms with van der Waals surface area (Å²) in [6, 6.07) is 13.4. The van der Waals surface area contributed by atoms with Crippen molar-refractivity contribution in [1.82, 2.24) is 24.2 Å². The van der Waals surface area contributed by atoms with E-state index < -0.39 is 0 Å². The third kappa shape index (κ3) is 5.67. The standard InChI is InChI=1S/C40H42Cl2N6O3/c1-21-16-27(17-22(2)36(21)42)51-15-9-10-28-29-12-13-31(41)35(34-24(4)44-46(8)25(34)5)37(29)48-23(3)19-47(40(50)38(28)48)33-20-45(7)32-14-11-26(18-30(32)33)39(49)43-6/h11-14,16-18,20,23H,9-10,15,19H2,1-8H3,(H,43,49). The maximum Gasteiger partial charge on any atom is 0.275 e. The van der Waals surface area contributed by atoms with Gasteiger partial charge in [-0.1, -0.05) is 29.3 Å². The first-order valence-corrected chi connectivity index (χ1v) is 18.0. The van der Waals surface area contributed by atoms with Gasteiger partial charge in [0.05, 0.1) is 28.5 Å². The highest BCUT2D eigenvalue weighted by Crippen LogP contribution is 2.45. The predicted molar refractivity (Wildman–Crippen MR) is 206 cm³/mol. The lowest BCUT2D eigenvalue weighted by molar-refractivity contribution is 0.0953. The van der Waals surface area contributed by atoms with Gasteiger partial charge in [-0.3, -0.25) is 14.3 Å². The van der Waals surface area contributed by atoms with Crippen LogP contribution < -0.4 is 15.0 Å². The van der Waals surface area contributed by atoms with E-state index in [1.54, 1.807) is 7.05 Å². The van der Waals surface area contributed by atoms with Gasteiger partial charge < -0.3 is 24.1 Å². The summed E-state index contributed by atoms with van der Waals surface area (Å²) in [6.45, 7) is 11.1. The van der Waals surface area contributed by atoms with Crippen LogP contribution in [0.5, 0.6) is 5.75 Å². The maximum atomic E-state index is 15.0. The number of fused-ring (bicyclic) bond motifs is 4. The van der Waals surface area contributed by atoms with Crippen molar-refractivity contribution >= 4 is 62.5 Å². The molecular weight excluding hydrogens is 683 g/mol. The second kappa shape index (κ2) is 13.1. The Balaban J connectivity index is 1.37. The molecule has 0 bridgehead atoms. The summed E-state index contributed by atoms with van der Waals surface area (Å²) in [5, 5.41) is 10.6. The first-order chi connectivity index (χ1) is 24.3. The Morgan fingerprint density at radius 3 is 2.39 bits per heavy atom. The SMILES string of the molecule is CNC(=O)c1ccc2c(c1)c(N1CC(C)n3c(c(CCCOc4cc(C)c(Cl)c(C)c4)c4ccc(Cl)c(-c5c(C)nn(C)c5C)c43)C1=O)cn2C. The average Bonchev–Trinajstić information content (AvgIpc) is 3.70. The van der Waals surface area contributed by atoms with Crippen LogP contribution in [0.15, 0.2) is 48.7 Å². The maximum absolute atomic E-state index is 15.0. The van der Waals surface area contributed by atoms with Crippen LogP contribution in [0.25, 0.3) is 32.9 Å². The topological polar surface area (TPSA) is 86.3 Å². The summed E-state index contributed by atoms with van der Waals surface area (Å²) < 4.78 is 12.3. The third-order valence-corrected chi connectivity index (χ3v) is 11.2. The predicted octanol–water partition coefficient (Wildman–Crippen LogP) is 8.67. The van der Waals surface area contributed by atoms with E-state index in [1.807, 2.05) is 105 Å². The minimum atomic E-state index is -0.177. The number of benzene rings is 3. The van der Waals surface area contributed by atoms with E-state index in [1.165, 1.54) is 0 Å². The molecule has 4 heterocycles. The van der Waals surface area contributed by atoms with Gasteiger partial charge in [0, 0.05) is 83.6 Å². The molecule has 1 N–H and O–H groups in total. The van der Waals surface area contributed by atoms with Crippen LogP contribution in [-0.4, -0.2) is 50.9 Å². The molecule has 0 spiro atoms. The van der Waals surface area contributed by atoms with Crippen LogP contribution >= 0.6 is 23.2 Å². The van der Waals surface area contributed by atoms with Gasteiger partial charge in [0.25, 0.3) is 11.8 Å². The third-order valence-electron chi connectivity index (χ3n) is 10.3. The Labute approximate surface area is 307 Å². The van der Waals surface area contributed by atoms with Crippen molar-refractivity contribution in [2.75, 3.05) is 25.1 Å². The average molecular weight is 726 g/mol. The minimum absolute atomic E-state index is 0.0938. The fraction of sp³-hybridized carbons (Fsp3) is 0.325. The molecule has 0 aliphatic carbocycles. The van der Waals surface area contributed by atoms with Crippen molar-refractivity contribution in [2.24, 2.45) is 14.1 Å². The van der Waals surface area contributed by atoms with Gasteiger partial charge in [-0.2, -0.15) is 5.10 Å². The Kier molecular flexibility index (Phi) is 8.92. The number of ether oxygens (including phenoxy) is 1. The smallest absolute Gasteiger partial charge is 0.275 e. The summed E-state index contributed by atoms with van der Waals surface area (Å²) in [6.07, 6.45) is 3.27. The van der Waals surface area contributed by atoms with Gasteiger partial charge in [-0.25, -0.2) is 0 Å². The quantitative estimate of drug-likeness (QED) is 0.159. The number of amides is 2. The number of aromatic nitrogens is 4. The zero-order valence-corrected chi connectivity index (χ0v) is 31.8. The number of hydrogen-bond donors (Lipinski definition) is 1. The molecule has 6 aromatic rings. The summed E-state index contributed by atoms with van der Waals surface area (Å²) in [5.74, 6) is 0.505. The van der Waals surface area contributed by atoms with Crippen LogP contribution in [-0.2, 0) is 20.5 Å². The molecule has 264 valence electrons. The molecule has 3 aromatic carbocycles. The van der Waals surface area contributed by atoms with E-state index in [0.29, 0.717) is 42.3 Å². The monoisotopic (exact) mass is 724 g/mol. The molecule has 11 heteroatoms. The number of halogens is 2. The van der Waals surface area contributed by atoms with Gasteiger partial charge in [-0.05, 0) is 101 Å². The number of hydrogen-bond acceptors (Lipinski definition) is 4. The molecule has 1 unspecified atom stereocenters. The van der Waals surface area contributed by atoms with Gasteiger partial charge in [-0.15, -0.1) is 0 Å². The van der Waals surface area contributed by atoms with Crippen molar-refractivity contribution in [3.63, 3.8) is 0 Å². The number of anilines is 1. The second-order valence-electron chi connectivity index (χ2n) is 13.7. The molecule has 1 aliphatic heterocycles. The molecular formula is C40H42Cl2N6O3. The number of rotatable bonds is 8. The minimum Gasteiger partial charge on any atom is -0.494 e. The van der Waals surface area contributed by atoms with Crippen molar-refractivity contribution in [3.8, 4) is 16.9 Å². The van der Waals surface area contributed by atoms with E-state index in [0.717, 1.165) is 77.5 Å². The molecule has 2 amide bonds. The van der Waals surface area contributed by atoms with Gasteiger partial charge in [0.15, 0.2) is 0 Å². The molecule has 3 aromatic heterocycles. The molecule has 51 heavy (non-hydrogen) atoms. The molecule has 0 fully saturated rings.